The zero-order valence-electron chi connectivity index (χ0n) is 21.1. The summed E-state index contributed by atoms with van der Waals surface area (Å²) in [4.78, 5) is 46.5. The average molecular weight is 539 g/mol. The Morgan fingerprint density at radius 3 is 2.65 bits per heavy atom. The van der Waals surface area contributed by atoms with Crippen molar-refractivity contribution in [3.8, 4) is 11.5 Å². The number of benzene rings is 3. The van der Waals surface area contributed by atoms with Crippen LogP contribution in [0.25, 0.3) is 10.9 Å². The Morgan fingerprint density at radius 2 is 1.77 bits per heavy atom. The summed E-state index contributed by atoms with van der Waals surface area (Å²) in [5.74, 6) is -2.92. The molecule has 3 amide bonds. The number of hydrogen-bond donors (Lipinski definition) is 3. The van der Waals surface area contributed by atoms with Crippen LogP contribution in [0.3, 0.4) is 0 Å². The summed E-state index contributed by atoms with van der Waals surface area (Å²) < 4.78 is 25.9. The number of ether oxygens (including phenoxy) is 2. The monoisotopic (exact) mass is 538 g/mol. The standard InChI is InChI=1S/C30H23FN4O5/c31-16-5-7-21-19(12-16)30(29(38)33-21)26-25(22(34-30)11-15-14-32-20-4-2-1-3-18(15)20)27(36)35(28(26)37)17-6-8-23-24(13-17)40-10-9-39-23/h1-8,12-14,22,25-26,32,34H,9-11H2,(H,33,38)/t22-,25-,26+,30-/m1/s1. The molecule has 5 heterocycles. The number of H-pyrrole nitrogens is 1. The molecule has 0 saturated carbocycles. The Hall–Kier alpha value is -4.70. The predicted octanol–water partition coefficient (Wildman–Crippen LogP) is 3.25. The number of hydrogen-bond acceptors (Lipinski definition) is 6. The van der Waals surface area contributed by atoms with Crippen LogP contribution in [0.2, 0.25) is 0 Å². The van der Waals surface area contributed by atoms with Gasteiger partial charge in [-0.15, -0.1) is 0 Å². The minimum Gasteiger partial charge on any atom is -0.486 e. The molecule has 1 spiro atoms. The summed E-state index contributed by atoms with van der Waals surface area (Å²) in [5.41, 5.74) is 1.38. The number of rotatable bonds is 3. The van der Waals surface area contributed by atoms with Gasteiger partial charge in [-0.2, -0.15) is 0 Å². The van der Waals surface area contributed by atoms with E-state index in [1.807, 2.05) is 30.5 Å². The van der Waals surface area contributed by atoms with E-state index in [2.05, 4.69) is 15.6 Å². The second-order valence-corrected chi connectivity index (χ2v) is 10.6. The van der Waals surface area contributed by atoms with Crippen molar-refractivity contribution < 1.29 is 28.2 Å². The zero-order chi connectivity index (χ0) is 27.2. The van der Waals surface area contributed by atoms with Gasteiger partial charge in [-0.05, 0) is 48.4 Å². The minimum absolute atomic E-state index is 0.333. The summed E-state index contributed by atoms with van der Waals surface area (Å²) in [6, 6.07) is 16.2. The van der Waals surface area contributed by atoms with Crippen molar-refractivity contribution in [3.05, 3.63) is 83.8 Å². The third-order valence-corrected chi connectivity index (χ3v) is 8.58. The smallest absolute Gasteiger partial charge is 0.250 e. The van der Waals surface area contributed by atoms with Gasteiger partial charge in [0.05, 0.1) is 17.5 Å². The second-order valence-electron chi connectivity index (χ2n) is 10.6. The molecule has 40 heavy (non-hydrogen) atoms. The molecule has 2 saturated heterocycles. The number of nitrogens with one attached hydrogen (secondary N) is 3. The van der Waals surface area contributed by atoms with Crippen LogP contribution in [-0.2, 0) is 26.3 Å². The fourth-order valence-electron chi connectivity index (χ4n) is 6.91. The number of imide groups is 1. The van der Waals surface area contributed by atoms with Crippen LogP contribution in [0, 0.1) is 17.7 Å². The first-order valence-corrected chi connectivity index (χ1v) is 13.2. The van der Waals surface area contributed by atoms with Crippen molar-refractivity contribution in [2.24, 2.45) is 11.8 Å². The topological polar surface area (TPSA) is 113 Å². The highest BCUT2D eigenvalue weighted by atomic mass is 19.1. The maximum absolute atomic E-state index is 14.6. The lowest BCUT2D eigenvalue weighted by molar-refractivity contribution is -0.130. The lowest BCUT2D eigenvalue weighted by atomic mass is 9.76. The number of amides is 3. The number of nitrogens with zero attached hydrogens (tertiary/aromatic N) is 1. The minimum atomic E-state index is -1.60. The summed E-state index contributed by atoms with van der Waals surface area (Å²) in [5, 5.41) is 7.19. The van der Waals surface area contributed by atoms with E-state index < -0.39 is 47.0 Å². The van der Waals surface area contributed by atoms with Gasteiger partial charge in [0.15, 0.2) is 11.5 Å². The van der Waals surface area contributed by atoms with E-state index in [0.29, 0.717) is 48.1 Å². The van der Waals surface area contributed by atoms with Crippen molar-refractivity contribution in [1.29, 1.82) is 0 Å². The largest absolute Gasteiger partial charge is 0.486 e. The Bertz CT molecular complexity index is 1770. The van der Waals surface area contributed by atoms with Crippen LogP contribution in [-0.4, -0.2) is 42.0 Å². The number of anilines is 2. The lowest BCUT2D eigenvalue weighted by Crippen LogP contribution is -2.53. The van der Waals surface area contributed by atoms with E-state index in [1.54, 1.807) is 18.2 Å². The van der Waals surface area contributed by atoms with E-state index >= 15 is 0 Å². The lowest BCUT2D eigenvalue weighted by Gasteiger charge is -2.30. The van der Waals surface area contributed by atoms with Crippen LogP contribution in [0.4, 0.5) is 15.8 Å². The molecule has 9 nitrogen and oxygen atoms in total. The first-order valence-electron chi connectivity index (χ1n) is 13.2. The highest BCUT2D eigenvalue weighted by Crippen LogP contribution is 2.54. The molecule has 0 aliphatic carbocycles. The normalized spacial score (nSPS) is 26.5. The number of aromatic nitrogens is 1. The maximum atomic E-state index is 14.6. The Kier molecular flexibility index (Phi) is 4.73. The molecular weight excluding hydrogens is 515 g/mol. The molecule has 4 aliphatic heterocycles. The van der Waals surface area contributed by atoms with E-state index in [0.717, 1.165) is 21.4 Å². The summed E-state index contributed by atoms with van der Waals surface area (Å²) in [6.07, 6.45) is 2.26. The summed E-state index contributed by atoms with van der Waals surface area (Å²) >= 11 is 0. The van der Waals surface area contributed by atoms with E-state index in [-0.39, 0.29) is 0 Å². The molecule has 2 fully saturated rings. The van der Waals surface area contributed by atoms with Gasteiger partial charge in [-0.1, -0.05) is 18.2 Å². The molecule has 3 aromatic carbocycles. The molecule has 0 radical (unpaired) electrons. The molecular formula is C30H23FN4O5. The Labute approximate surface area is 227 Å². The average Bonchev–Trinajstić information content (AvgIpc) is 3.67. The van der Waals surface area contributed by atoms with Crippen molar-refractivity contribution >= 4 is 40.0 Å². The number of carbonyl (C=O) groups is 3. The molecule has 3 N–H and O–H groups in total. The van der Waals surface area contributed by atoms with Crippen LogP contribution < -0.4 is 25.0 Å². The number of fused-ring (bicyclic) bond motifs is 6. The van der Waals surface area contributed by atoms with E-state index in [9.17, 15) is 18.8 Å². The highest BCUT2D eigenvalue weighted by molar-refractivity contribution is 6.26. The van der Waals surface area contributed by atoms with Gasteiger partial charge in [0, 0.05) is 40.5 Å². The van der Waals surface area contributed by atoms with Gasteiger partial charge >= 0.3 is 0 Å². The van der Waals surface area contributed by atoms with Gasteiger partial charge in [-0.25, -0.2) is 9.29 Å². The van der Waals surface area contributed by atoms with E-state index in [1.165, 1.54) is 18.2 Å². The number of halogens is 1. The molecule has 10 heteroatoms. The third-order valence-electron chi connectivity index (χ3n) is 8.58. The molecule has 8 rings (SSSR count). The Balaban J connectivity index is 1.27. The van der Waals surface area contributed by atoms with Gasteiger partial charge in [0.25, 0.3) is 0 Å². The number of carbonyl (C=O) groups excluding carboxylic acids is 3. The van der Waals surface area contributed by atoms with Crippen molar-refractivity contribution in [1.82, 2.24) is 10.3 Å². The molecule has 4 aromatic rings. The first kappa shape index (κ1) is 23.2. The van der Waals surface area contributed by atoms with Crippen molar-refractivity contribution in [2.45, 2.75) is 18.0 Å². The number of aromatic amines is 1. The van der Waals surface area contributed by atoms with Gasteiger partial charge in [0.2, 0.25) is 17.7 Å². The SMILES string of the molecule is O=C1[C@H]2[C@@H](C(=O)N1c1ccc3c(c1)OCCO3)[C@@]1(N[C@@H]2Cc2c[nH]c3ccccc23)C(=O)Nc2ccc(F)cc21. The first-order chi connectivity index (χ1) is 19.5. The van der Waals surface area contributed by atoms with Crippen LogP contribution >= 0.6 is 0 Å². The van der Waals surface area contributed by atoms with Crippen molar-refractivity contribution in [2.75, 3.05) is 23.4 Å². The van der Waals surface area contributed by atoms with Crippen LogP contribution in [0.1, 0.15) is 11.1 Å². The molecule has 1 aromatic heterocycles. The fourth-order valence-corrected chi connectivity index (χ4v) is 6.91. The van der Waals surface area contributed by atoms with Crippen LogP contribution in [0.15, 0.2) is 66.9 Å². The van der Waals surface area contributed by atoms with Gasteiger partial charge in [0.1, 0.15) is 24.6 Å². The molecule has 0 unspecified atom stereocenters. The summed E-state index contributed by atoms with van der Waals surface area (Å²) in [7, 11) is 0. The van der Waals surface area contributed by atoms with Crippen molar-refractivity contribution in [3.63, 3.8) is 0 Å². The Morgan fingerprint density at radius 1 is 0.950 bits per heavy atom. The second kappa shape index (κ2) is 8.15. The molecule has 0 bridgehead atoms. The molecule has 4 aliphatic rings. The van der Waals surface area contributed by atoms with E-state index in [4.69, 9.17) is 9.47 Å². The summed E-state index contributed by atoms with van der Waals surface area (Å²) in [6.45, 7) is 0.763. The fraction of sp³-hybridized carbons (Fsp3) is 0.233. The highest BCUT2D eigenvalue weighted by Gasteiger charge is 2.70. The molecule has 200 valence electrons. The van der Waals surface area contributed by atoms with Crippen LogP contribution in [0.5, 0.6) is 11.5 Å². The zero-order valence-corrected chi connectivity index (χ0v) is 21.1. The predicted molar refractivity (Wildman–Crippen MR) is 143 cm³/mol. The quantitative estimate of drug-likeness (QED) is 0.346. The van der Waals surface area contributed by atoms with Gasteiger partial charge in [-0.3, -0.25) is 19.7 Å². The van der Waals surface area contributed by atoms with Gasteiger partial charge < -0.3 is 19.8 Å². The third kappa shape index (κ3) is 3.02. The number of para-hydroxylation sites is 1. The maximum Gasteiger partial charge on any atom is 0.250 e. The molecule has 4 atom stereocenters.